The van der Waals surface area contributed by atoms with Crippen molar-refractivity contribution in [1.29, 1.82) is 0 Å². The molecule has 9 heteroatoms. The highest BCUT2D eigenvalue weighted by molar-refractivity contribution is 5.75. The molecule has 27 heavy (non-hydrogen) atoms. The van der Waals surface area contributed by atoms with Gasteiger partial charge in [0.1, 0.15) is 5.52 Å². The van der Waals surface area contributed by atoms with E-state index in [0.717, 1.165) is 17.2 Å². The summed E-state index contributed by atoms with van der Waals surface area (Å²) >= 11 is 0. The SMILES string of the molecule is CCn1c(NCc2ccc(OC)c(OC)c2)nc2cnc(NCCO)nc21. The number of hydrogen-bond donors (Lipinski definition) is 3. The standard InChI is InChI=1S/C18H24N6O3/c1-4-24-16-13(11-20-17(23-16)19-7-8-25)22-18(24)21-10-12-5-6-14(26-2)15(9-12)27-3/h5-6,9,11,25H,4,7-8,10H2,1-3H3,(H,21,22)(H,19,20,23). The molecule has 0 saturated heterocycles. The summed E-state index contributed by atoms with van der Waals surface area (Å²) < 4.78 is 12.6. The number of methoxy groups -OCH3 is 2. The second-order valence-corrected chi connectivity index (χ2v) is 5.78. The molecule has 0 bridgehead atoms. The van der Waals surface area contributed by atoms with Crippen LogP contribution >= 0.6 is 0 Å². The lowest BCUT2D eigenvalue weighted by Crippen LogP contribution is -2.10. The molecule has 0 atom stereocenters. The van der Waals surface area contributed by atoms with E-state index in [1.165, 1.54) is 0 Å². The molecular weight excluding hydrogens is 348 g/mol. The number of aliphatic hydroxyl groups is 1. The maximum Gasteiger partial charge on any atom is 0.224 e. The number of anilines is 2. The maximum atomic E-state index is 8.93. The van der Waals surface area contributed by atoms with Crippen LogP contribution in [0, 0.1) is 0 Å². The normalized spacial score (nSPS) is 10.8. The van der Waals surface area contributed by atoms with Crippen LogP contribution in [-0.4, -0.2) is 52.0 Å². The minimum absolute atomic E-state index is 0.0204. The monoisotopic (exact) mass is 372 g/mol. The average Bonchev–Trinajstić information content (AvgIpc) is 3.07. The molecule has 0 aliphatic heterocycles. The number of rotatable bonds is 9. The Hall–Kier alpha value is -3.07. The van der Waals surface area contributed by atoms with Crippen molar-refractivity contribution in [3.8, 4) is 11.5 Å². The van der Waals surface area contributed by atoms with Gasteiger partial charge in [-0.3, -0.25) is 4.57 Å². The number of hydrogen-bond acceptors (Lipinski definition) is 8. The van der Waals surface area contributed by atoms with Gasteiger partial charge in [0, 0.05) is 19.6 Å². The summed E-state index contributed by atoms with van der Waals surface area (Å²) in [7, 11) is 3.23. The zero-order valence-electron chi connectivity index (χ0n) is 15.7. The number of ether oxygens (including phenoxy) is 2. The van der Waals surface area contributed by atoms with E-state index in [0.29, 0.717) is 42.6 Å². The van der Waals surface area contributed by atoms with E-state index in [1.54, 1.807) is 20.4 Å². The van der Waals surface area contributed by atoms with Crippen LogP contribution in [0.15, 0.2) is 24.4 Å². The molecule has 0 radical (unpaired) electrons. The number of aryl methyl sites for hydroxylation is 1. The van der Waals surface area contributed by atoms with Gasteiger partial charge in [0.25, 0.3) is 0 Å². The quantitative estimate of drug-likeness (QED) is 0.523. The van der Waals surface area contributed by atoms with Crippen molar-refractivity contribution in [1.82, 2.24) is 19.5 Å². The van der Waals surface area contributed by atoms with Crippen LogP contribution in [0.25, 0.3) is 11.2 Å². The van der Waals surface area contributed by atoms with Crippen LogP contribution in [0.3, 0.4) is 0 Å². The molecular formula is C18H24N6O3. The Balaban J connectivity index is 1.82. The molecule has 0 unspecified atom stereocenters. The summed E-state index contributed by atoms with van der Waals surface area (Å²) in [5, 5.41) is 15.2. The van der Waals surface area contributed by atoms with E-state index in [-0.39, 0.29) is 6.61 Å². The highest BCUT2D eigenvalue weighted by Crippen LogP contribution is 2.28. The lowest BCUT2D eigenvalue weighted by atomic mass is 10.2. The molecule has 0 amide bonds. The maximum absolute atomic E-state index is 8.93. The van der Waals surface area contributed by atoms with Crippen LogP contribution < -0.4 is 20.1 Å². The summed E-state index contributed by atoms with van der Waals surface area (Å²) in [5.41, 5.74) is 2.49. The Kier molecular flexibility index (Phi) is 5.92. The Bertz CT molecular complexity index is 911. The Morgan fingerprint density at radius 2 is 1.93 bits per heavy atom. The molecule has 3 rings (SSSR count). The minimum atomic E-state index is 0.0204. The van der Waals surface area contributed by atoms with E-state index < -0.39 is 0 Å². The predicted octanol–water partition coefficient (Wildman–Crippen LogP) is 1.88. The van der Waals surface area contributed by atoms with Gasteiger partial charge in [-0.1, -0.05) is 6.07 Å². The van der Waals surface area contributed by atoms with E-state index >= 15 is 0 Å². The Morgan fingerprint density at radius 1 is 1.11 bits per heavy atom. The largest absolute Gasteiger partial charge is 0.493 e. The van der Waals surface area contributed by atoms with Crippen LogP contribution in [-0.2, 0) is 13.1 Å². The highest BCUT2D eigenvalue weighted by Gasteiger charge is 2.13. The number of fused-ring (bicyclic) bond motifs is 1. The van der Waals surface area contributed by atoms with Crippen molar-refractivity contribution in [2.75, 3.05) is 38.0 Å². The summed E-state index contributed by atoms with van der Waals surface area (Å²) in [6.07, 6.45) is 1.68. The molecule has 0 spiro atoms. The molecule has 9 nitrogen and oxygen atoms in total. The van der Waals surface area contributed by atoms with Gasteiger partial charge in [0.05, 0.1) is 27.0 Å². The summed E-state index contributed by atoms with van der Waals surface area (Å²) in [6, 6.07) is 5.79. The van der Waals surface area contributed by atoms with E-state index in [9.17, 15) is 0 Å². The molecule has 2 aromatic heterocycles. The van der Waals surface area contributed by atoms with Gasteiger partial charge >= 0.3 is 0 Å². The van der Waals surface area contributed by atoms with Crippen molar-refractivity contribution in [2.24, 2.45) is 0 Å². The van der Waals surface area contributed by atoms with Gasteiger partial charge < -0.3 is 25.2 Å². The van der Waals surface area contributed by atoms with Gasteiger partial charge in [-0.15, -0.1) is 0 Å². The van der Waals surface area contributed by atoms with Crippen LogP contribution in [0.1, 0.15) is 12.5 Å². The molecule has 0 fully saturated rings. The molecule has 144 valence electrons. The molecule has 1 aromatic carbocycles. The fraction of sp³-hybridized carbons (Fsp3) is 0.389. The molecule has 0 aliphatic carbocycles. The topological polar surface area (TPSA) is 106 Å². The first kappa shape index (κ1) is 18.7. The van der Waals surface area contributed by atoms with Crippen molar-refractivity contribution in [2.45, 2.75) is 20.0 Å². The first-order valence-corrected chi connectivity index (χ1v) is 8.73. The van der Waals surface area contributed by atoms with Crippen LogP contribution in [0.4, 0.5) is 11.9 Å². The first-order valence-electron chi connectivity index (χ1n) is 8.73. The van der Waals surface area contributed by atoms with Gasteiger partial charge in [-0.2, -0.15) is 4.98 Å². The Morgan fingerprint density at radius 3 is 2.63 bits per heavy atom. The van der Waals surface area contributed by atoms with Crippen molar-refractivity contribution in [3.63, 3.8) is 0 Å². The second-order valence-electron chi connectivity index (χ2n) is 5.78. The molecule has 0 aliphatic rings. The van der Waals surface area contributed by atoms with Crippen molar-refractivity contribution >= 4 is 23.1 Å². The van der Waals surface area contributed by atoms with E-state index in [1.807, 2.05) is 29.7 Å². The van der Waals surface area contributed by atoms with Gasteiger partial charge in [-0.05, 0) is 24.6 Å². The zero-order chi connectivity index (χ0) is 19.2. The smallest absolute Gasteiger partial charge is 0.224 e. The molecule has 3 aromatic rings. The van der Waals surface area contributed by atoms with Crippen LogP contribution in [0.5, 0.6) is 11.5 Å². The van der Waals surface area contributed by atoms with Crippen molar-refractivity contribution in [3.05, 3.63) is 30.0 Å². The Labute approximate surface area is 157 Å². The van der Waals surface area contributed by atoms with Crippen molar-refractivity contribution < 1.29 is 14.6 Å². The fourth-order valence-electron chi connectivity index (χ4n) is 2.78. The zero-order valence-corrected chi connectivity index (χ0v) is 15.7. The highest BCUT2D eigenvalue weighted by atomic mass is 16.5. The number of aromatic nitrogens is 4. The number of nitrogens with one attached hydrogen (secondary N) is 2. The molecule has 0 saturated carbocycles. The summed E-state index contributed by atoms with van der Waals surface area (Å²) in [6.45, 7) is 3.74. The summed E-state index contributed by atoms with van der Waals surface area (Å²) in [5.74, 6) is 2.57. The number of imidazole rings is 1. The molecule has 3 N–H and O–H groups in total. The third-order valence-electron chi connectivity index (χ3n) is 4.10. The van der Waals surface area contributed by atoms with Gasteiger partial charge in [-0.25, -0.2) is 9.97 Å². The minimum Gasteiger partial charge on any atom is -0.493 e. The third-order valence-corrected chi connectivity index (χ3v) is 4.10. The first-order chi connectivity index (χ1) is 13.2. The number of aliphatic hydroxyl groups excluding tert-OH is 1. The van der Waals surface area contributed by atoms with Gasteiger partial charge in [0.2, 0.25) is 11.9 Å². The third kappa shape index (κ3) is 4.03. The van der Waals surface area contributed by atoms with Crippen LogP contribution in [0.2, 0.25) is 0 Å². The van der Waals surface area contributed by atoms with Gasteiger partial charge in [0.15, 0.2) is 17.1 Å². The average molecular weight is 372 g/mol. The molecule has 2 heterocycles. The number of nitrogens with zero attached hydrogens (tertiary/aromatic N) is 4. The lowest BCUT2D eigenvalue weighted by molar-refractivity contribution is 0.311. The predicted molar refractivity (Wildman–Crippen MR) is 103 cm³/mol. The second kappa shape index (κ2) is 8.54. The lowest BCUT2D eigenvalue weighted by Gasteiger charge is -2.11. The van der Waals surface area contributed by atoms with E-state index in [2.05, 4.69) is 25.6 Å². The summed E-state index contributed by atoms with van der Waals surface area (Å²) in [4.78, 5) is 13.3. The number of benzene rings is 1. The fourth-order valence-corrected chi connectivity index (χ4v) is 2.78. The van der Waals surface area contributed by atoms with E-state index in [4.69, 9.17) is 14.6 Å².